The molecule has 4 nitrogen and oxygen atoms in total. The van der Waals surface area contributed by atoms with E-state index in [1.54, 1.807) is 0 Å². The third-order valence-corrected chi connectivity index (χ3v) is 4.08. The molecule has 0 aromatic carbocycles. The summed E-state index contributed by atoms with van der Waals surface area (Å²) in [5.41, 5.74) is 0. The Kier molecular flexibility index (Phi) is 5.20. The Bertz CT molecular complexity index is 315. The van der Waals surface area contributed by atoms with Crippen LogP contribution in [0.1, 0.15) is 32.0 Å². The summed E-state index contributed by atoms with van der Waals surface area (Å²) in [5.74, 6) is 1.95. The maximum atomic E-state index is 4.24. The average molecular weight is 250 g/mol. The van der Waals surface area contributed by atoms with Crippen LogP contribution in [0.25, 0.3) is 0 Å². The summed E-state index contributed by atoms with van der Waals surface area (Å²) < 4.78 is 0. The molecule has 2 heterocycles. The minimum atomic E-state index is 0.648. The first-order chi connectivity index (χ1) is 8.75. The lowest BCUT2D eigenvalue weighted by Crippen LogP contribution is -2.41. The van der Waals surface area contributed by atoms with Crippen LogP contribution in [0.4, 0.5) is 0 Å². The van der Waals surface area contributed by atoms with Gasteiger partial charge in [0.15, 0.2) is 0 Å². The van der Waals surface area contributed by atoms with Crippen LogP contribution in [0.15, 0.2) is 12.4 Å². The number of hydrogen-bond acceptors (Lipinski definition) is 3. The zero-order chi connectivity index (χ0) is 12.8. The molecule has 1 aromatic heterocycles. The molecule has 102 valence electrons. The van der Waals surface area contributed by atoms with E-state index in [1.165, 1.54) is 25.9 Å². The number of nitrogens with one attached hydrogen (secondary N) is 2. The summed E-state index contributed by atoms with van der Waals surface area (Å²) in [6, 6.07) is 0.648. The highest BCUT2D eigenvalue weighted by atomic mass is 15.1. The van der Waals surface area contributed by atoms with Crippen molar-refractivity contribution in [1.82, 2.24) is 20.2 Å². The van der Waals surface area contributed by atoms with Gasteiger partial charge in [0.25, 0.3) is 0 Å². The standard InChI is InChI=1S/C14H26N4/c1-12(13-5-10-18(2)11-6-13)15-7-3-4-14-16-8-9-17-14/h8-9,12-13,15H,3-7,10-11H2,1-2H3,(H,16,17). The molecule has 0 aliphatic carbocycles. The Morgan fingerprint density at radius 1 is 1.50 bits per heavy atom. The van der Waals surface area contributed by atoms with Gasteiger partial charge in [-0.15, -0.1) is 0 Å². The van der Waals surface area contributed by atoms with E-state index in [2.05, 4.69) is 34.2 Å². The minimum absolute atomic E-state index is 0.648. The fraction of sp³-hybridized carbons (Fsp3) is 0.786. The molecule has 1 saturated heterocycles. The first-order valence-electron chi connectivity index (χ1n) is 7.16. The van der Waals surface area contributed by atoms with Gasteiger partial charge in [-0.3, -0.25) is 0 Å². The van der Waals surface area contributed by atoms with E-state index in [0.717, 1.165) is 31.1 Å². The molecule has 2 N–H and O–H groups in total. The van der Waals surface area contributed by atoms with Crippen LogP contribution in [0.5, 0.6) is 0 Å². The van der Waals surface area contributed by atoms with E-state index < -0.39 is 0 Å². The molecular weight excluding hydrogens is 224 g/mol. The number of likely N-dealkylation sites (tertiary alicyclic amines) is 1. The van der Waals surface area contributed by atoms with Crippen LogP contribution in [0, 0.1) is 5.92 Å². The SMILES string of the molecule is CC(NCCCc1ncc[nH]1)C1CCN(C)CC1. The Balaban J connectivity index is 1.58. The van der Waals surface area contributed by atoms with Crippen LogP contribution in [-0.4, -0.2) is 47.6 Å². The number of rotatable bonds is 6. The molecule has 2 rings (SSSR count). The monoisotopic (exact) mass is 250 g/mol. The molecule has 0 saturated carbocycles. The van der Waals surface area contributed by atoms with E-state index in [4.69, 9.17) is 0 Å². The number of aryl methyl sites for hydroxylation is 1. The van der Waals surface area contributed by atoms with Crippen molar-refractivity contribution in [3.8, 4) is 0 Å². The number of aromatic nitrogens is 2. The maximum Gasteiger partial charge on any atom is 0.106 e. The maximum absolute atomic E-state index is 4.24. The topological polar surface area (TPSA) is 44.0 Å². The van der Waals surface area contributed by atoms with Crippen LogP contribution < -0.4 is 5.32 Å². The fourth-order valence-corrected chi connectivity index (χ4v) is 2.72. The van der Waals surface area contributed by atoms with Crippen molar-refractivity contribution in [3.05, 3.63) is 18.2 Å². The molecular formula is C14H26N4. The summed E-state index contributed by atoms with van der Waals surface area (Å²) in [4.78, 5) is 9.82. The van der Waals surface area contributed by atoms with Gasteiger partial charge in [0.05, 0.1) is 0 Å². The second kappa shape index (κ2) is 6.90. The highest BCUT2D eigenvalue weighted by Gasteiger charge is 2.21. The third-order valence-electron chi connectivity index (χ3n) is 4.08. The van der Waals surface area contributed by atoms with Crippen molar-refractivity contribution in [2.24, 2.45) is 5.92 Å². The van der Waals surface area contributed by atoms with Crippen molar-refractivity contribution in [3.63, 3.8) is 0 Å². The highest BCUT2D eigenvalue weighted by molar-refractivity contribution is 4.87. The fourth-order valence-electron chi connectivity index (χ4n) is 2.72. The zero-order valence-electron chi connectivity index (χ0n) is 11.7. The Morgan fingerprint density at radius 3 is 2.94 bits per heavy atom. The first kappa shape index (κ1) is 13.6. The molecule has 1 fully saturated rings. The van der Waals surface area contributed by atoms with Crippen molar-refractivity contribution in [2.45, 2.75) is 38.6 Å². The zero-order valence-corrected chi connectivity index (χ0v) is 11.7. The molecule has 1 aliphatic heterocycles. The first-order valence-corrected chi connectivity index (χ1v) is 7.16. The predicted octanol–water partition coefficient (Wildman–Crippen LogP) is 1.66. The Hall–Kier alpha value is -0.870. The van der Waals surface area contributed by atoms with Gasteiger partial charge in [-0.1, -0.05) is 0 Å². The summed E-state index contributed by atoms with van der Waals surface area (Å²) in [6.45, 7) is 5.93. The quantitative estimate of drug-likeness (QED) is 0.755. The summed E-state index contributed by atoms with van der Waals surface area (Å²) in [6.07, 6.45) is 8.59. The van der Waals surface area contributed by atoms with Gasteiger partial charge >= 0.3 is 0 Å². The highest BCUT2D eigenvalue weighted by Crippen LogP contribution is 2.19. The lowest BCUT2D eigenvalue weighted by Gasteiger charge is -2.33. The van der Waals surface area contributed by atoms with Gasteiger partial charge in [-0.2, -0.15) is 0 Å². The molecule has 18 heavy (non-hydrogen) atoms. The molecule has 0 spiro atoms. The molecule has 0 radical (unpaired) electrons. The van der Waals surface area contributed by atoms with E-state index >= 15 is 0 Å². The Morgan fingerprint density at radius 2 is 2.28 bits per heavy atom. The molecule has 0 bridgehead atoms. The van der Waals surface area contributed by atoms with Crippen LogP contribution in [0.2, 0.25) is 0 Å². The smallest absolute Gasteiger partial charge is 0.106 e. The Labute approximate surface area is 110 Å². The van der Waals surface area contributed by atoms with Gasteiger partial charge in [-0.05, 0) is 58.8 Å². The summed E-state index contributed by atoms with van der Waals surface area (Å²) in [5, 5.41) is 3.67. The number of nitrogens with zero attached hydrogens (tertiary/aromatic N) is 2. The number of H-pyrrole nitrogens is 1. The molecule has 0 amide bonds. The number of hydrogen-bond donors (Lipinski definition) is 2. The van der Waals surface area contributed by atoms with Crippen molar-refractivity contribution in [1.29, 1.82) is 0 Å². The predicted molar refractivity (Wildman–Crippen MR) is 74.6 cm³/mol. The largest absolute Gasteiger partial charge is 0.349 e. The average Bonchev–Trinajstić information content (AvgIpc) is 2.88. The second-order valence-corrected chi connectivity index (χ2v) is 5.52. The van der Waals surface area contributed by atoms with E-state index in [-0.39, 0.29) is 0 Å². The second-order valence-electron chi connectivity index (χ2n) is 5.52. The minimum Gasteiger partial charge on any atom is -0.349 e. The summed E-state index contributed by atoms with van der Waals surface area (Å²) in [7, 11) is 2.22. The normalized spacial score (nSPS) is 20.1. The van der Waals surface area contributed by atoms with Crippen LogP contribution in [-0.2, 0) is 6.42 Å². The van der Waals surface area contributed by atoms with E-state index in [0.29, 0.717) is 6.04 Å². The van der Waals surface area contributed by atoms with Gasteiger partial charge in [-0.25, -0.2) is 4.98 Å². The van der Waals surface area contributed by atoms with Gasteiger partial charge < -0.3 is 15.2 Å². The van der Waals surface area contributed by atoms with Gasteiger partial charge in [0.2, 0.25) is 0 Å². The number of piperidine rings is 1. The lowest BCUT2D eigenvalue weighted by molar-refractivity contribution is 0.190. The molecule has 1 unspecified atom stereocenters. The summed E-state index contributed by atoms with van der Waals surface area (Å²) >= 11 is 0. The van der Waals surface area contributed by atoms with Crippen molar-refractivity contribution >= 4 is 0 Å². The number of aromatic amines is 1. The molecule has 4 heteroatoms. The van der Waals surface area contributed by atoms with Crippen molar-refractivity contribution < 1.29 is 0 Å². The lowest BCUT2D eigenvalue weighted by atomic mass is 9.90. The van der Waals surface area contributed by atoms with Crippen LogP contribution >= 0.6 is 0 Å². The van der Waals surface area contributed by atoms with Gasteiger partial charge in [0, 0.05) is 24.9 Å². The van der Waals surface area contributed by atoms with E-state index in [1.807, 2.05) is 12.4 Å². The molecule has 1 aromatic rings. The molecule has 1 atom stereocenters. The molecule has 1 aliphatic rings. The number of imidazole rings is 1. The van der Waals surface area contributed by atoms with E-state index in [9.17, 15) is 0 Å². The van der Waals surface area contributed by atoms with Crippen molar-refractivity contribution in [2.75, 3.05) is 26.7 Å². The third kappa shape index (κ3) is 4.10. The van der Waals surface area contributed by atoms with Gasteiger partial charge in [0.1, 0.15) is 5.82 Å². The van der Waals surface area contributed by atoms with Crippen LogP contribution in [0.3, 0.4) is 0 Å².